The number of anilines is 2. The predicted molar refractivity (Wildman–Crippen MR) is 114 cm³/mol. The number of fused-ring (bicyclic) bond motifs is 1. The van der Waals surface area contributed by atoms with E-state index in [2.05, 4.69) is 20.6 Å². The fourth-order valence-electron chi connectivity index (χ4n) is 2.87. The molecule has 30 heavy (non-hydrogen) atoms. The van der Waals surface area contributed by atoms with Crippen molar-refractivity contribution in [2.75, 3.05) is 17.2 Å². The Hall–Kier alpha value is -4.26. The summed E-state index contributed by atoms with van der Waals surface area (Å²) in [7, 11) is 0. The summed E-state index contributed by atoms with van der Waals surface area (Å²) in [6.07, 6.45) is 6.66. The Kier molecular flexibility index (Phi) is 5.61. The maximum absolute atomic E-state index is 12.4. The standard InChI is InChI=1S/C23H18N4O3/c28-22(26-20-5-4-18-14-25-9-6-16(18)12-20)15-30-21-3-1-2-17(13-21)23(29)27-19-7-10-24-11-8-19/h1-14H,15H2,(H,26,28)(H,24,27,29). The van der Waals surface area contributed by atoms with Crippen LogP contribution in [0.15, 0.2) is 85.5 Å². The number of ether oxygens (including phenoxy) is 1. The van der Waals surface area contributed by atoms with E-state index >= 15 is 0 Å². The maximum atomic E-state index is 12.4. The average Bonchev–Trinajstić information content (AvgIpc) is 2.78. The number of aromatic nitrogens is 2. The van der Waals surface area contributed by atoms with Crippen LogP contribution in [-0.4, -0.2) is 28.4 Å². The van der Waals surface area contributed by atoms with Crippen LogP contribution in [0.25, 0.3) is 10.8 Å². The Morgan fingerprint density at radius 3 is 2.50 bits per heavy atom. The third-order valence-corrected chi connectivity index (χ3v) is 4.33. The van der Waals surface area contributed by atoms with E-state index in [0.717, 1.165) is 10.8 Å². The van der Waals surface area contributed by atoms with Crippen molar-refractivity contribution in [3.8, 4) is 5.75 Å². The van der Waals surface area contributed by atoms with Crippen LogP contribution >= 0.6 is 0 Å². The van der Waals surface area contributed by atoms with E-state index in [1.54, 1.807) is 61.2 Å². The Bertz CT molecular complexity index is 1200. The van der Waals surface area contributed by atoms with Gasteiger partial charge in [-0.25, -0.2) is 0 Å². The van der Waals surface area contributed by atoms with Crippen molar-refractivity contribution >= 4 is 34.0 Å². The summed E-state index contributed by atoms with van der Waals surface area (Å²) in [4.78, 5) is 32.6. The first-order valence-electron chi connectivity index (χ1n) is 9.25. The minimum Gasteiger partial charge on any atom is -0.484 e. The van der Waals surface area contributed by atoms with Gasteiger partial charge in [0.15, 0.2) is 6.61 Å². The number of nitrogens with one attached hydrogen (secondary N) is 2. The highest BCUT2D eigenvalue weighted by Crippen LogP contribution is 2.18. The van der Waals surface area contributed by atoms with Gasteiger partial charge in [-0.3, -0.25) is 19.6 Å². The van der Waals surface area contributed by atoms with Crippen molar-refractivity contribution in [3.63, 3.8) is 0 Å². The molecule has 7 heteroatoms. The zero-order valence-corrected chi connectivity index (χ0v) is 15.9. The first kappa shape index (κ1) is 19.1. The topological polar surface area (TPSA) is 93.2 Å². The van der Waals surface area contributed by atoms with Gasteiger partial charge in [0.05, 0.1) is 0 Å². The summed E-state index contributed by atoms with van der Waals surface area (Å²) < 4.78 is 5.56. The van der Waals surface area contributed by atoms with Crippen molar-refractivity contribution in [1.82, 2.24) is 9.97 Å². The lowest BCUT2D eigenvalue weighted by atomic mass is 10.1. The van der Waals surface area contributed by atoms with E-state index in [1.807, 2.05) is 24.3 Å². The van der Waals surface area contributed by atoms with Gasteiger partial charge in [0.25, 0.3) is 11.8 Å². The van der Waals surface area contributed by atoms with Crippen LogP contribution < -0.4 is 15.4 Å². The van der Waals surface area contributed by atoms with Crippen LogP contribution in [0.5, 0.6) is 5.75 Å². The Labute approximate surface area is 172 Å². The Morgan fingerprint density at radius 2 is 1.63 bits per heavy atom. The third-order valence-electron chi connectivity index (χ3n) is 4.33. The van der Waals surface area contributed by atoms with E-state index in [4.69, 9.17) is 4.74 Å². The summed E-state index contributed by atoms with van der Waals surface area (Å²) in [6.45, 7) is -0.177. The Balaban J connectivity index is 1.35. The quantitative estimate of drug-likeness (QED) is 0.514. The minimum atomic E-state index is -0.296. The van der Waals surface area contributed by atoms with Gasteiger partial charge < -0.3 is 15.4 Å². The van der Waals surface area contributed by atoms with Crippen LogP contribution in [0.3, 0.4) is 0 Å². The van der Waals surface area contributed by atoms with Crippen LogP contribution in [0.1, 0.15) is 10.4 Å². The fourth-order valence-corrected chi connectivity index (χ4v) is 2.87. The molecular weight excluding hydrogens is 380 g/mol. The molecule has 0 unspecified atom stereocenters. The van der Waals surface area contributed by atoms with Crippen molar-refractivity contribution < 1.29 is 14.3 Å². The molecule has 0 atom stereocenters. The van der Waals surface area contributed by atoms with Crippen LogP contribution in [-0.2, 0) is 4.79 Å². The summed E-state index contributed by atoms with van der Waals surface area (Å²) in [5.74, 6) is -0.145. The molecule has 148 valence electrons. The molecule has 2 aromatic heterocycles. The molecule has 0 saturated heterocycles. The molecule has 2 aromatic carbocycles. The lowest BCUT2D eigenvalue weighted by Gasteiger charge is -2.10. The molecule has 7 nitrogen and oxygen atoms in total. The van der Waals surface area contributed by atoms with Gasteiger partial charge in [0.1, 0.15) is 5.75 Å². The number of hydrogen-bond acceptors (Lipinski definition) is 5. The van der Waals surface area contributed by atoms with Gasteiger partial charge in [-0.2, -0.15) is 0 Å². The number of carbonyl (C=O) groups is 2. The summed E-state index contributed by atoms with van der Waals surface area (Å²) in [5.41, 5.74) is 1.74. The van der Waals surface area contributed by atoms with Crippen LogP contribution in [0, 0.1) is 0 Å². The molecule has 0 radical (unpaired) electrons. The van der Waals surface area contributed by atoms with Crippen molar-refractivity contribution in [2.24, 2.45) is 0 Å². The normalized spacial score (nSPS) is 10.4. The van der Waals surface area contributed by atoms with Gasteiger partial charge in [0, 0.05) is 47.1 Å². The van der Waals surface area contributed by atoms with Gasteiger partial charge in [-0.05, 0) is 53.9 Å². The van der Waals surface area contributed by atoms with Gasteiger partial charge in [-0.1, -0.05) is 12.1 Å². The summed E-state index contributed by atoms with van der Waals surface area (Å²) in [6, 6.07) is 17.5. The highest BCUT2D eigenvalue weighted by molar-refractivity contribution is 6.04. The second kappa shape index (κ2) is 8.83. The number of benzene rings is 2. The molecule has 0 saturated carbocycles. The average molecular weight is 398 g/mol. The molecule has 0 bridgehead atoms. The van der Waals surface area contributed by atoms with Crippen molar-refractivity contribution in [3.05, 3.63) is 91.0 Å². The number of carbonyl (C=O) groups excluding carboxylic acids is 2. The monoisotopic (exact) mass is 398 g/mol. The zero-order valence-electron chi connectivity index (χ0n) is 15.9. The molecular formula is C23H18N4O3. The minimum absolute atomic E-state index is 0.177. The third kappa shape index (κ3) is 4.77. The molecule has 2 amide bonds. The number of nitrogens with zero attached hydrogens (tertiary/aromatic N) is 2. The largest absolute Gasteiger partial charge is 0.484 e. The summed E-state index contributed by atoms with van der Waals surface area (Å²) >= 11 is 0. The SMILES string of the molecule is O=C(COc1cccc(C(=O)Nc2ccncc2)c1)Nc1ccc2cnccc2c1. The molecule has 2 N–H and O–H groups in total. The van der Waals surface area contributed by atoms with Gasteiger partial charge in [0.2, 0.25) is 0 Å². The predicted octanol–water partition coefficient (Wildman–Crippen LogP) is 3.90. The second-order valence-electron chi connectivity index (χ2n) is 6.49. The molecule has 0 aliphatic rings. The molecule has 4 aromatic rings. The van der Waals surface area contributed by atoms with E-state index in [-0.39, 0.29) is 18.4 Å². The smallest absolute Gasteiger partial charge is 0.262 e. The summed E-state index contributed by atoms with van der Waals surface area (Å²) in [5, 5.41) is 7.56. The first-order chi connectivity index (χ1) is 14.7. The highest BCUT2D eigenvalue weighted by Gasteiger charge is 2.09. The van der Waals surface area contributed by atoms with Gasteiger partial charge in [-0.15, -0.1) is 0 Å². The number of pyridine rings is 2. The lowest BCUT2D eigenvalue weighted by Crippen LogP contribution is -2.20. The first-order valence-corrected chi connectivity index (χ1v) is 9.25. The van der Waals surface area contributed by atoms with E-state index in [1.165, 1.54) is 0 Å². The molecule has 0 spiro atoms. The van der Waals surface area contributed by atoms with Crippen molar-refractivity contribution in [2.45, 2.75) is 0 Å². The fraction of sp³-hybridized carbons (Fsp3) is 0.0435. The maximum Gasteiger partial charge on any atom is 0.262 e. The number of hydrogen-bond donors (Lipinski definition) is 2. The van der Waals surface area contributed by atoms with Gasteiger partial charge >= 0.3 is 0 Å². The molecule has 2 heterocycles. The Morgan fingerprint density at radius 1 is 0.800 bits per heavy atom. The van der Waals surface area contributed by atoms with Crippen LogP contribution in [0.4, 0.5) is 11.4 Å². The zero-order chi connectivity index (χ0) is 20.8. The van der Waals surface area contributed by atoms with Crippen LogP contribution in [0.2, 0.25) is 0 Å². The number of amides is 2. The van der Waals surface area contributed by atoms with Crippen molar-refractivity contribution in [1.29, 1.82) is 0 Å². The number of rotatable bonds is 6. The molecule has 0 fully saturated rings. The molecule has 0 aliphatic heterocycles. The lowest BCUT2D eigenvalue weighted by molar-refractivity contribution is -0.118. The molecule has 4 rings (SSSR count). The van der Waals surface area contributed by atoms with E-state index in [0.29, 0.717) is 22.7 Å². The second-order valence-corrected chi connectivity index (χ2v) is 6.49. The van der Waals surface area contributed by atoms with E-state index in [9.17, 15) is 9.59 Å². The van der Waals surface area contributed by atoms with E-state index < -0.39 is 0 Å². The molecule has 0 aliphatic carbocycles. The highest BCUT2D eigenvalue weighted by atomic mass is 16.5.